The van der Waals surface area contributed by atoms with Crippen molar-refractivity contribution in [1.82, 2.24) is 4.57 Å². The summed E-state index contributed by atoms with van der Waals surface area (Å²) in [6, 6.07) is 23.4. The molecule has 0 aliphatic heterocycles. The molecule has 0 saturated heterocycles. The first-order chi connectivity index (χ1) is 14.4. The van der Waals surface area contributed by atoms with E-state index in [1.165, 1.54) is 13.1 Å². The molecule has 4 rings (SSSR count). The van der Waals surface area contributed by atoms with E-state index in [0.717, 1.165) is 16.5 Å². The zero-order chi connectivity index (χ0) is 21.3. The highest BCUT2D eigenvalue weighted by Crippen LogP contribution is 2.33. The fourth-order valence-electron chi connectivity index (χ4n) is 3.50. The van der Waals surface area contributed by atoms with Gasteiger partial charge in [0.1, 0.15) is 0 Å². The molecule has 0 N–H and O–H groups in total. The summed E-state index contributed by atoms with van der Waals surface area (Å²) in [7, 11) is -3.88. The van der Waals surface area contributed by atoms with E-state index in [9.17, 15) is 13.2 Å². The SMILES string of the molecule is CC(=O)n1c(-c2ccccc2)c(/C=N/S(=O)(=O)c2ccc(C)cc2)c2ccccc21. The predicted octanol–water partition coefficient (Wildman–Crippen LogP) is 5.08. The molecule has 150 valence electrons. The minimum Gasteiger partial charge on any atom is -0.279 e. The molecule has 0 aliphatic rings. The number of fused-ring (bicyclic) bond motifs is 1. The van der Waals surface area contributed by atoms with E-state index in [0.29, 0.717) is 16.8 Å². The van der Waals surface area contributed by atoms with Crippen LogP contribution in [0.25, 0.3) is 22.2 Å². The number of aromatic nitrogens is 1. The highest BCUT2D eigenvalue weighted by Gasteiger charge is 2.20. The zero-order valence-electron chi connectivity index (χ0n) is 16.6. The molecule has 0 spiro atoms. The Kier molecular flexibility index (Phi) is 5.10. The molecule has 1 heterocycles. The first-order valence-electron chi connectivity index (χ1n) is 9.45. The van der Waals surface area contributed by atoms with E-state index in [1.807, 2.05) is 61.5 Å². The summed E-state index contributed by atoms with van der Waals surface area (Å²) in [5.74, 6) is -0.161. The molecule has 0 radical (unpaired) electrons. The molecule has 5 nitrogen and oxygen atoms in total. The van der Waals surface area contributed by atoms with Gasteiger partial charge in [0.25, 0.3) is 10.0 Å². The number of carbonyl (C=O) groups is 1. The summed E-state index contributed by atoms with van der Waals surface area (Å²) in [6.07, 6.45) is 1.35. The number of para-hydroxylation sites is 1. The molecule has 0 amide bonds. The molecule has 0 saturated carbocycles. The van der Waals surface area contributed by atoms with Crippen molar-refractivity contribution >= 4 is 33.0 Å². The van der Waals surface area contributed by atoms with Crippen molar-refractivity contribution in [2.75, 3.05) is 0 Å². The maximum atomic E-state index is 12.8. The lowest BCUT2D eigenvalue weighted by Crippen LogP contribution is -2.07. The van der Waals surface area contributed by atoms with Gasteiger partial charge in [-0.25, -0.2) is 0 Å². The summed E-state index contributed by atoms with van der Waals surface area (Å²) < 4.78 is 31.1. The lowest BCUT2D eigenvalue weighted by molar-refractivity contribution is 0.0943. The van der Waals surface area contributed by atoms with Crippen LogP contribution >= 0.6 is 0 Å². The standard InChI is InChI=1S/C24H20N2O3S/c1-17-12-14-20(15-13-17)30(28,29)25-16-22-21-10-6-7-11-23(21)26(18(2)27)24(22)19-8-4-3-5-9-19/h3-16H,1-2H3/b25-16+. The van der Waals surface area contributed by atoms with Crippen LogP contribution in [0.5, 0.6) is 0 Å². The lowest BCUT2D eigenvalue weighted by Gasteiger charge is -2.08. The Balaban J connectivity index is 1.95. The number of aryl methyl sites for hydroxylation is 1. The molecular formula is C24H20N2O3S. The van der Waals surface area contributed by atoms with Gasteiger partial charge in [-0.1, -0.05) is 66.2 Å². The second-order valence-corrected chi connectivity index (χ2v) is 8.65. The Labute approximate surface area is 175 Å². The minimum atomic E-state index is -3.88. The van der Waals surface area contributed by atoms with Crippen LogP contribution in [0.2, 0.25) is 0 Å². The Morgan fingerprint density at radius 3 is 2.20 bits per heavy atom. The fraction of sp³-hybridized carbons (Fsp3) is 0.0833. The molecule has 3 aromatic carbocycles. The van der Waals surface area contributed by atoms with Crippen molar-refractivity contribution in [3.05, 3.63) is 90.0 Å². The average molecular weight is 417 g/mol. The molecule has 0 aliphatic carbocycles. The summed E-state index contributed by atoms with van der Waals surface area (Å²) in [5, 5.41) is 0.759. The quantitative estimate of drug-likeness (QED) is 0.436. The highest BCUT2D eigenvalue weighted by molar-refractivity contribution is 7.90. The second-order valence-electron chi connectivity index (χ2n) is 7.02. The van der Waals surface area contributed by atoms with Crippen LogP contribution in [0.1, 0.15) is 22.8 Å². The molecule has 6 heteroatoms. The van der Waals surface area contributed by atoms with Gasteiger partial charge in [-0.05, 0) is 30.7 Å². The van der Waals surface area contributed by atoms with Crippen LogP contribution in [0.4, 0.5) is 0 Å². The Hall–Kier alpha value is -3.51. The fourth-order valence-corrected chi connectivity index (χ4v) is 4.34. The van der Waals surface area contributed by atoms with Crippen LogP contribution in [-0.4, -0.2) is 25.1 Å². The molecule has 0 fully saturated rings. The molecular weight excluding hydrogens is 396 g/mol. The number of hydrogen-bond donors (Lipinski definition) is 0. The van der Waals surface area contributed by atoms with Crippen molar-refractivity contribution in [2.45, 2.75) is 18.7 Å². The van der Waals surface area contributed by atoms with Gasteiger partial charge < -0.3 is 0 Å². The first kappa shape index (κ1) is 19.8. The van der Waals surface area contributed by atoms with Gasteiger partial charge in [-0.2, -0.15) is 12.8 Å². The third-order valence-electron chi connectivity index (χ3n) is 4.92. The van der Waals surface area contributed by atoms with Gasteiger partial charge in [0.15, 0.2) is 0 Å². The van der Waals surface area contributed by atoms with Crippen molar-refractivity contribution in [2.24, 2.45) is 4.40 Å². The van der Waals surface area contributed by atoms with Gasteiger partial charge in [0.2, 0.25) is 5.91 Å². The summed E-state index contributed by atoms with van der Waals surface area (Å²) >= 11 is 0. The van der Waals surface area contributed by atoms with Crippen LogP contribution in [-0.2, 0) is 10.0 Å². The zero-order valence-corrected chi connectivity index (χ0v) is 17.4. The molecule has 0 atom stereocenters. The highest BCUT2D eigenvalue weighted by atomic mass is 32.2. The minimum absolute atomic E-state index is 0.126. The van der Waals surface area contributed by atoms with Gasteiger partial charge >= 0.3 is 0 Å². The summed E-state index contributed by atoms with van der Waals surface area (Å²) in [4.78, 5) is 12.6. The van der Waals surface area contributed by atoms with Crippen molar-refractivity contribution < 1.29 is 13.2 Å². The smallest absolute Gasteiger partial charge is 0.279 e. The van der Waals surface area contributed by atoms with Gasteiger partial charge in [-0.15, -0.1) is 0 Å². The number of nitrogens with zero attached hydrogens (tertiary/aromatic N) is 2. The van der Waals surface area contributed by atoms with Crippen molar-refractivity contribution in [1.29, 1.82) is 0 Å². The van der Waals surface area contributed by atoms with E-state index >= 15 is 0 Å². The molecule has 30 heavy (non-hydrogen) atoms. The molecule has 4 aromatic rings. The van der Waals surface area contributed by atoms with Crippen LogP contribution < -0.4 is 0 Å². The third-order valence-corrected chi connectivity index (χ3v) is 6.17. The molecule has 0 bridgehead atoms. The van der Waals surface area contributed by atoms with E-state index in [4.69, 9.17) is 0 Å². The van der Waals surface area contributed by atoms with E-state index < -0.39 is 10.0 Å². The number of rotatable bonds is 4. The largest absolute Gasteiger partial charge is 0.282 e. The van der Waals surface area contributed by atoms with Crippen molar-refractivity contribution in [3.63, 3.8) is 0 Å². The number of sulfonamides is 1. The van der Waals surface area contributed by atoms with Crippen LogP contribution in [0, 0.1) is 6.92 Å². The Bertz CT molecular complexity index is 1370. The van der Waals surface area contributed by atoms with Crippen molar-refractivity contribution in [3.8, 4) is 11.3 Å². The van der Waals surface area contributed by atoms with Crippen LogP contribution in [0.15, 0.2) is 88.2 Å². The monoisotopic (exact) mass is 416 g/mol. The maximum Gasteiger partial charge on any atom is 0.282 e. The number of hydrogen-bond acceptors (Lipinski definition) is 3. The normalized spacial score (nSPS) is 11.9. The first-order valence-corrected chi connectivity index (χ1v) is 10.9. The van der Waals surface area contributed by atoms with E-state index in [1.54, 1.807) is 28.8 Å². The third kappa shape index (κ3) is 3.57. The Morgan fingerprint density at radius 1 is 0.900 bits per heavy atom. The lowest BCUT2D eigenvalue weighted by atomic mass is 10.1. The maximum absolute atomic E-state index is 12.8. The average Bonchev–Trinajstić information content (AvgIpc) is 3.08. The van der Waals surface area contributed by atoms with E-state index in [2.05, 4.69) is 4.40 Å². The second kappa shape index (κ2) is 7.72. The topological polar surface area (TPSA) is 68.5 Å². The van der Waals surface area contributed by atoms with E-state index in [-0.39, 0.29) is 10.8 Å². The number of carbonyl (C=O) groups excluding carboxylic acids is 1. The molecule has 1 aromatic heterocycles. The van der Waals surface area contributed by atoms with Gasteiger partial charge in [-0.3, -0.25) is 9.36 Å². The summed E-state index contributed by atoms with van der Waals surface area (Å²) in [5.41, 5.74) is 3.68. The van der Waals surface area contributed by atoms with Gasteiger partial charge in [0, 0.05) is 17.9 Å². The Morgan fingerprint density at radius 2 is 1.53 bits per heavy atom. The predicted molar refractivity (Wildman–Crippen MR) is 120 cm³/mol. The van der Waals surface area contributed by atoms with Gasteiger partial charge in [0.05, 0.1) is 22.3 Å². The summed E-state index contributed by atoms with van der Waals surface area (Å²) in [6.45, 7) is 3.38. The molecule has 0 unspecified atom stereocenters. The number of benzene rings is 3. The van der Waals surface area contributed by atoms with Crippen LogP contribution in [0.3, 0.4) is 0 Å².